The zero-order chi connectivity index (χ0) is 46.1. The van der Waals surface area contributed by atoms with E-state index in [2.05, 4.69) is 20.9 Å². The first kappa shape index (κ1) is 48.8. The lowest BCUT2D eigenvalue weighted by molar-refractivity contribution is -0.134. The third-order valence-corrected chi connectivity index (χ3v) is 12.0. The van der Waals surface area contributed by atoms with E-state index >= 15 is 0 Å². The van der Waals surface area contributed by atoms with Crippen molar-refractivity contribution in [3.63, 3.8) is 0 Å². The summed E-state index contributed by atoms with van der Waals surface area (Å²) in [6.07, 6.45) is -2.51. The fourth-order valence-electron chi connectivity index (χ4n) is 7.57. The number of rotatable bonds is 18. The van der Waals surface area contributed by atoms with Crippen LogP contribution in [0.4, 0.5) is 4.79 Å². The summed E-state index contributed by atoms with van der Waals surface area (Å²) in [4.78, 5) is 58.2. The van der Waals surface area contributed by atoms with Crippen molar-refractivity contribution in [3.05, 3.63) is 101 Å². The second-order valence-electron chi connectivity index (χ2n) is 18.5. The van der Waals surface area contributed by atoms with Crippen molar-refractivity contribution in [1.29, 1.82) is 0 Å². The quantitative estimate of drug-likeness (QED) is 0.0689. The van der Waals surface area contributed by atoms with Crippen LogP contribution in [0.1, 0.15) is 90.1 Å². The van der Waals surface area contributed by atoms with Crippen LogP contribution in [0.2, 0.25) is 0 Å². The molecule has 1 saturated heterocycles. The number of likely N-dealkylation sites (tertiary alicyclic amines) is 1. The van der Waals surface area contributed by atoms with E-state index in [0.717, 1.165) is 44.0 Å². The molecule has 0 saturated carbocycles. The number of primary amides is 1. The summed E-state index contributed by atoms with van der Waals surface area (Å²) < 4.78 is 11.5. The second kappa shape index (κ2) is 21.5. The average Bonchev–Trinajstić information content (AvgIpc) is 3.83. The summed E-state index contributed by atoms with van der Waals surface area (Å²) in [7, 11) is 0. The Morgan fingerprint density at radius 1 is 0.921 bits per heavy atom. The van der Waals surface area contributed by atoms with Crippen LogP contribution in [-0.4, -0.2) is 92.6 Å². The molecular weight excluding hydrogens is 821 g/mol. The van der Waals surface area contributed by atoms with Crippen molar-refractivity contribution in [3.8, 4) is 21.6 Å². The number of aryl methyl sites for hydroxylation is 1. The summed E-state index contributed by atoms with van der Waals surface area (Å²) in [5.41, 5.74) is 12.4. The van der Waals surface area contributed by atoms with Crippen LogP contribution >= 0.6 is 11.3 Å². The van der Waals surface area contributed by atoms with Crippen LogP contribution in [0, 0.1) is 12.3 Å². The van der Waals surface area contributed by atoms with Crippen LogP contribution in [0.5, 0.6) is 0 Å². The topological polar surface area (TPSA) is 205 Å². The van der Waals surface area contributed by atoms with Gasteiger partial charge in [0.2, 0.25) is 17.7 Å². The molecule has 0 radical (unpaired) electrons. The van der Waals surface area contributed by atoms with Gasteiger partial charge in [0, 0.05) is 19.5 Å². The number of nitrogens with zero attached hydrogens (tertiary/aromatic N) is 2. The first-order valence-electron chi connectivity index (χ1n) is 21.4. The Bertz CT molecular complexity index is 2160. The third-order valence-electron chi connectivity index (χ3n) is 11.0. The van der Waals surface area contributed by atoms with Gasteiger partial charge in [-0.25, -0.2) is 9.78 Å². The molecule has 3 aromatic carbocycles. The van der Waals surface area contributed by atoms with Gasteiger partial charge in [-0.2, -0.15) is 0 Å². The molecule has 340 valence electrons. The Morgan fingerprint density at radius 3 is 2.21 bits per heavy atom. The Kier molecular flexibility index (Phi) is 16.6. The number of nitrogens with one attached hydrogen (secondary N) is 3. The summed E-state index contributed by atoms with van der Waals surface area (Å²) in [5, 5.41) is 31.4. The SMILES string of the molecule is Cc1ncsc1-c1ccc(CNC(=O)[C@@H]2C[C@@H](O)CN2C(O)[C@@H](NC(=O)Cc2cccc(-c3ccc(CO[C@H](C)[C@H](CCC(N)=O)NC(=O)OC(C)(C)C)cc3)c2)C(C)(C)C)cc1. The van der Waals surface area contributed by atoms with E-state index in [1.165, 1.54) is 0 Å². The molecule has 1 aliphatic rings. The zero-order valence-corrected chi connectivity index (χ0v) is 38.5. The Balaban J connectivity index is 1.17. The Morgan fingerprint density at radius 2 is 1.59 bits per heavy atom. The molecule has 5 rings (SSSR count). The highest BCUT2D eigenvalue weighted by Crippen LogP contribution is 2.30. The monoisotopic (exact) mass is 884 g/mol. The predicted molar refractivity (Wildman–Crippen MR) is 244 cm³/mol. The van der Waals surface area contributed by atoms with E-state index < -0.39 is 59.6 Å². The minimum Gasteiger partial charge on any atom is -0.444 e. The van der Waals surface area contributed by atoms with Crippen LogP contribution < -0.4 is 21.7 Å². The van der Waals surface area contributed by atoms with Gasteiger partial charge in [0.25, 0.3) is 0 Å². The number of aliphatic hydroxyl groups excluding tert-OH is 2. The second-order valence-corrected chi connectivity index (χ2v) is 19.3. The predicted octanol–water partition coefficient (Wildman–Crippen LogP) is 5.99. The molecule has 1 aliphatic heterocycles. The van der Waals surface area contributed by atoms with Gasteiger partial charge in [-0.05, 0) is 86.3 Å². The maximum Gasteiger partial charge on any atom is 0.407 e. The molecule has 14 nitrogen and oxygen atoms in total. The van der Waals surface area contributed by atoms with E-state index in [4.69, 9.17) is 15.2 Å². The summed E-state index contributed by atoms with van der Waals surface area (Å²) >= 11 is 1.58. The van der Waals surface area contributed by atoms with E-state index in [1.54, 1.807) is 37.0 Å². The number of alkyl carbamates (subject to hydrolysis) is 1. The lowest BCUT2D eigenvalue weighted by Crippen LogP contribution is -2.60. The maximum absolute atomic E-state index is 13.7. The minimum atomic E-state index is -1.25. The van der Waals surface area contributed by atoms with Gasteiger partial charge in [-0.15, -0.1) is 11.3 Å². The van der Waals surface area contributed by atoms with Crippen LogP contribution in [-0.2, 0) is 43.4 Å². The highest BCUT2D eigenvalue weighted by molar-refractivity contribution is 7.13. The van der Waals surface area contributed by atoms with Gasteiger partial charge in [0.1, 0.15) is 11.8 Å². The molecule has 63 heavy (non-hydrogen) atoms. The number of hydrogen-bond donors (Lipinski definition) is 6. The van der Waals surface area contributed by atoms with Crippen LogP contribution in [0.15, 0.2) is 78.3 Å². The number of carbonyl (C=O) groups is 4. The molecule has 7 N–H and O–H groups in total. The van der Waals surface area contributed by atoms with Crippen molar-refractivity contribution in [2.24, 2.45) is 11.1 Å². The van der Waals surface area contributed by atoms with Gasteiger partial charge in [0.05, 0.1) is 59.4 Å². The normalized spacial score (nSPS) is 17.6. The van der Waals surface area contributed by atoms with Crippen LogP contribution in [0.25, 0.3) is 21.6 Å². The molecule has 1 unspecified atom stereocenters. The van der Waals surface area contributed by atoms with E-state index in [1.807, 2.05) is 113 Å². The van der Waals surface area contributed by atoms with E-state index in [-0.39, 0.29) is 50.8 Å². The van der Waals surface area contributed by atoms with Crippen LogP contribution in [0.3, 0.4) is 0 Å². The third kappa shape index (κ3) is 14.4. The van der Waals surface area contributed by atoms with Gasteiger partial charge < -0.3 is 41.4 Å². The summed E-state index contributed by atoms with van der Waals surface area (Å²) in [5.74, 6) is -1.07. The average molecular weight is 885 g/mol. The molecule has 4 aromatic rings. The molecule has 1 aromatic heterocycles. The first-order chi connectivity index (χ1) is 29.7. The number of ether oxygens (including phenoxy) is 2. The van der Waals surface area contributed by atoms with E-state index in [0.29, 0.717) is 6.42 Å². The van der Waals surface area contributed by atoms with Gasteiger partial charge in [-0.1, -0.05) is 93.6 Å². The molecular formula is C48H64N6O8S. The molecule has 0 aliphatic carbocycles. The van der Waals surface area contributed by atoms with E-state index in [9.17, 15) is 29.4 Å². The molecule has 6 atom stereocenters. The molecule has 2 heterocycles. The number of nitrogens with two attached hydrogens (primary N) is 1. The lowest BCUT2D eigenvalue weighted by atomic mass is 9.84. The molecule has 4 amide bonds. The lowest BCUT2D eigenvalue weighted by Gasteiger charge is -2.40. The Labute approximate surface area is 375 Å². The molecule has 0 spiro atoms. The van der Waals surface area contributed by atoms with Crippen molar-refractivity contribution in [2.45, 2.75) is 136 Å². The van der Waals surface area contributed by atoms with Crippen molar-refractivity contribution in [2.75, 3.05) is 6.54 Å². The smallest absolute Gasteiger partial charge is 0.407 e. The summed E-state index contributed by atoms with van der Waals surface area (Å²) in [6, 6.07) is 21.4. The fourth-order valence-corrected chi connectivity index (χ4v) is 8.38. The molecule has 15 heteroatoms. The number of carbonyl (C=O) groups excluding carboxylic acids is 4. The fraction of sp³-hybridized carbons (Fsp3) is 0.479. The number of amides is 4. The highest BCUT2D eigenvalue weighted by atomic mass is 32.1. The Hall–Kier alpha value is -5.19. The summed E-state index contributed by atoms with van der Waals surface area (Å²) in [6.45, 7) is 15.5. The number of hydrogen-bond acceptors (Lipinski definition) is 11. The number of aliphatic hydroxyl groups is 2. The van der Waals surface area contributed by atoms with Gasteiger partial charge >= 0.3 is 6.09 Å². The van der Waals surface area contributed by atoms with Gasteiger partial charge in [-0.3, -0.25) is 19.3 Å². The first-order valence-corrected chi connectivity index (χ1v) is 22.3. The van der Waals surface area contributed by atoms with Gasteiger partial charge in [0.15, 0.2) is 0 Å². The molecule has 1 fully saturated rings. The van der Waals surface area contributed by atoms with Crippen molar-refractivity contribution in [1.82, 2.24) is 25.8 Å². The number of thiazole rings is 1. The van der Waals surface area contributed by atoms with Crippen molar-refractivity contribution < 1.29 is 38.9 Å². The number of benzene rings is 3. The standard InChI is InChI=1S/C48H64N6O8S/c1-29-42(63-28-51-29)35-18-12-31(13-19-35)25-50-44(58)39-24-37(55)26-54(39)45(59)43(47(3,4)5)53-41(57)23-33-10-9-11-36(22-33)34-16-14-32(15-17-34)27-61-30(2)38(20-21-40(49)56)52-46(60)62-48(6,7)8/h9-19,22,28,30,37-39,43,45,55,59H,20-21,23-27H2,1-8H3,(H2,49,56)(H,50,58)(H,52,60)(H,53,57)/t30-,37-,38+,39+,43-,45?/m1/s1. The number of β-amino-alcohol motifs (C(OH)–C–C–N with tert-alkyl or cyclic N) is 1. The maximum atomic E-state index is 13.7. The minimum absolute atomic E-state index is 0.0547. The largest absolute Gasteiger partial charge is 0.444 e. The zero-order valence-electron chi connectivity index (χ0n) is 37.6. The highest BCUT2D eigenvalue weighted by Gasteiger charge is 2.45. The molecule has 0 bridgehead atoms. The van der Waals surface area contributed by atoms with Crippen molar-refractivity contribution >= 4 is 35.2 Å². The number of aromatic nitrogens is 1.